The van der Waals surface area contributed by atoms with Crippen LogP contribution in [0.2, 0.25) is 5.02 Å². The molecule has 2 rings (SSSR count). The van der Waals surface area contributed by atoms with E-state index in [1.807, 2.05) is 13.0 Å². The number of carboxylic acids is 1. The summed E-state index contributed by atoms with van der Waals surface area (Å²) in [7, 11) is 0. The van der Waals surface area contributed by atoms with Crippen molar-refractivity contribution < 1.29 is 14.6 Å². The van der Waals surface area contributed by atoms with Crippen LogP contribution in [0, 0.1) is 0 Å². The lowest BCUT2D eigenvalue weighted by Gasteiger charge is -2.13. The molecular formula is C15H15ClN2O3. The summed E-state index contributed by atoms with van der Waals surface area (Å²) >= 11 is 6.09. The largest absolute Gasteiger partial charge is 0.481 e. The topological polar surface area (TPSA) is 72.3 Å². The van der Waals surface area contributed by atoms with Crippen molar-refractivity contribution in [1.82, 2.24) is 9.97 Å². The summed E-state index contributed by atoms with van der Waals surface area (Å²) in [5.74, 6) is -1.48. The maximum Gasteiger partial charge on any atom is 0.312 e. The van der Waals surface area contributed by atoms with E-state index in [0.29, 0.717) is 23.2 Å². The second-order valence-electron chi connectivity index (χ2n) is 4.40. The molecule has 0 aliphatic heterocycles. The minimum absolute atomic E-state index is 0.249. The SMILES string of the molecule is CCOc1cncc(C(Cc2ccccc2Cl)C(=O)O)n1. The highest BCUT2D eigenvalue weighted by Crippen LogP contribution is 2.25. The Hall–Kier alpha value is -2.14. The molecule has 1 N–H and O–H groups in total. The van der Waals surface area contributed by atoms with E-state index in [9.17, 15) is 9.90 Å². The maximum absolute atomic E-state index is 11.5. The van der Waals surface area contributed by atoms with Gasteiger partial charge in [-0.3, -0.25) is 9.78 Å². The van der Waals surface area contributed by atoms with E-state index >= 15 is 0 Å². The first kappa shape index (κ1) is 15.3. The first-order chi connectivity index (χ1) is 10.1. The molecule has 6 heteroatoms. The lowest BCUT2D eigenvalue weighted by molar-refractivity contribution is -0.138. The summed E-state index contributed by atoms with van der Waals surface area (Å²) in [6.45, 7) is 2.27. The first-order valence-corrected chi connectivity index (χ1v) is 6.90. The molecule has 2 aromatic rings. The van der Waals surface area contributed by atoms with E-state index in [1.54, 1.807) is 18.2 Å². The Morgan fingerprint density at radius 2 is 2.14 bits per heavy atom. The van der Waals surface area contributed by atoms with Gasteiger partial charge in [-0.1, -0.05) is 29.8 Å². The second-order valence-corrected chi connectivity index (χ2v) is 4.81. The summed E-state index contributed by atoms with van der Waals surface area (Å²) < 4.78 is 5.26. The zero-order valence-electron chi connectivity index (χ0n) is 11.5. The number of carboxylic acid groups (broad SMARTS) is 1. The molecule has 1 aromatic carbocycles. The van der Waals surface area contributed by atoms with Crippen LogP contribution in [-0.4, -0.2) is 27.7 Å². The van der Waals surface area contributed by atoms with E-state index in [1.165, 1.54) is 12.4 Å². The summed E-state index contributed by atoms with van der Waals surface area (Å²) in [6, 6.07) is 7.16. The molecule has 5 nitrogen and oxygen atoms in total. The highest BCUT2D eigenvalue weighted by atomic mass is 35.5. The number of nitrogens with zero attached hydrogens (tertiary/aromatic N) is 2. The maximum atomic E-state index is 11.5. The number of carbonyl (C=O) groups is 1. The number of ether oxygens (including phenoxy) is 1. The van der Waals surface area contributed by atoms with E-state index in [0.717, 1.165) is 5.56 Å². The molecule has 0 aliphatic carbocycles. The molecule has 0 spiro atoms. The number of benzene rings is 1. The van der Waals surface area contributed by atoms with Crippen LogP contribution in [0.3, 0.4) is 0 Å². The predicted octanol–water partition coefficient (Wildman–Crippen LogP) is 2.94. The Balaban J connectivity index is 2.29. The third-order valence-corrected chi connectivity index (χ3v) is 3.33. The fraction of sp³-hybridized carbons (Fsp3) is 0.267. The van der Waals surface area contributed by atoms with Crippen LogP contribution in [0.15, 0.2) is 36.7 Å². The van der Waals surface area contributed by atoms with E-state index in [4.69, 9.17) is 16.3 Å². The fourth-order valence-electron chi connectivity index (χ4n) is 1.95. The van der Waals surface area contributed by atoms with Gasteiger partial charge in [-0.05, 0) is 25.0 Å². The molecule has 1 atom stereocenters. The molecule has 21 heavy (non-hydrogen) atoms. The van der Waals surface area contributed by atoms with Gasteiger partial charge in [0, 0.05) is 11.2 Å². The number of halogens is 1. The number of hydrogen-bond acceptors (Lipinski definition) is 4. The van der Waals surface area contributed by atoms with Crippen LogP contribution < -0.4 is 4.74 Å². The average Bonchev–Trinajstić information content (AvgIpc) is 2.46. The third-order valence-electron chi connectivity index (χ3n) is 2.96. The molecule has 1 unspecified atom stereocenters. The third kappa shape index (κ3) is 3.92. The zero-order valence-corrected chi connectivity index (χ0v) is 12.2. The van der Waals surface area contributed by atoms with Gasteiger partial charge in [-0.25, -0.2) is 4.98 Å². The van der Waals surface area contributed by atoms with Crippen LogP contribution in [0.4, 0.5) is 0 Å². The molecule has 0 aliphatic rings. The summed E-state index contributed by atoms with van der Waals surface area (Å²) in [6.07, 6.45) is 3.15. The van der Waals surface area contributed by atoms with Crippen molar-refractivity contribution in [3.8, 4) is 5.88 Å². The predicted molar refractivity (Wildman–Crippen MR) is 78.7 cm³/mol. The molecule has 0 fully saturated rings. The van der Waals surface area contributed by atoms with Crippen molar-refractivity contribution in [1.29, 1.82) is 0 Å². The van der Waals surface area contributed by atoms with E-state index < -0.39 is 11.9 Å². The van der Waals surface area contributed by atoms with Gasteiger partial charge in [0.05, 0.1) is 18.5 Å². The van der Waals surface area contributed by atoms with Gasteiger partial charge < -0.3 is 9.84 Å². The van der Waals surface area contributed by atoms with Gasteiger partial charge in [0.1, 0.15) is 5.92 Å². The van der Waals surface area contributed by atoms with Gasteiger partial charge in [-0.15, -0.1) is 0 Å². The van der Waals surface area contributed by atoms with Gasteiger partial charge >= 0.3 is 5.97 Å². The summed E-state index contributed by atoms with van der Waals surface area (Å²) in [5.41, 5.74) is 1.11. The van der Waals surface area contributed by atoms with Gasteiger partial charge in [-0.2, -0.15) is 0 Å². The van der Waals surface area contributed by atoms with Crippen LogP contribution >= 0.6 is 11.6 Å². The van der Waals surface area contributed by atoms with E-state index in [2.05, 4.69) is 9.97 Å². The number of aliphatic carboxylic acids is 1. The van der Waals surface area contributed by atoms with Gasteiger partial charge in [0.15, 0.2) is 0 Å². The van der Waals surface area contributed by atoms with Crippen LogP contribution in [0.25, 0.3) is 0 Å². The van der Waals surface area contributed by atoms with Crippen LogP contribution in [0.5, 0.6) is 5.88 Å². The average molecular weight is 307 g/mol. The minimum Gasteiger partial charge on any atom is -0.481 e. The highest BCUT2D eigenvalue weighted by molar-refractivity contribution is 6.31. The Morgan fingerprint density at radius 1 is 1.38 bits per heavy atom. The van der Waals surface area contributed by atoms with Crippen molar-refractivity contribution >= 4 is 17.6 Å². The Labute approximate surface area is 127 Å². The Bertz CT molecular complexity index is 634. The monoisotopic (exact) mass is 306 g/mol. The highest BCUT2D eigenvalue weighted by Gasteiger charge is 2.23. The number of rotatable bonds is 6. The first-order valence-electron chi connectivity index (χ1n) is 6.52. The van der Waals surface area contributed by atoms with Crippen molar-refractivity contribution in [2.75, 3.05) is 6.61 Å². The molecular weight excluding hydrogens is 292 g/mol. The zero-order chi connectivity index (χ0) is 15.2. The van der Waals surface area contributed by atoms with Crippen molar-refractivity contribution in [3.63, 3.8) is 0 Å². The number of aromatic nitrogens is 2. The van der Waals surface area contributed by atoms with E-state index in [-0.39, 0.29) is 6.42 Å². The quantitative estimate of drug-likeness (QED) is 0.888. The Kier molecular flexibility index (Phi) is 5.11. The standard InChI is InChI=1S/C15H15ClN2O3/c1-2-21-14-9-17-8-13(18-14)11(15(19)20)7-10-5-3-4-6-12(10)16/h3-6,8-9,11H,2,7H2,1H3,(H,19,20). The summed E-state index contributed by atoms with van der Waals surface area (Å²) in [5, 5.41) is 9.99. The van der Waals surface area contributed by atoms with Gasteiger partial charge in [0.2, 0.25) is 5.88 Å². The van der Waals surface area contributed by atoms with Crippen molar-refractivity contribution in [3.05, 3.63) is 52.9 Å². The molecule has 1 heterocycles. The van der Waals surface area contributed by atoms with Crippen molar-refractivity contribution in [2.24, 2.45) is 0 Å². The minimum atomic E-state index is -0.974. The molecule has 0 radical (unpaired) electrons. The molecule has 0 saturated carbocycles. The second kappa shape index (κ2) is 7.04. The summed E-state index contributed by atoms with van der Waals surface area (Å²) in [4.78, 5) is 19.7. The smallest absolute Gasteiger partial charge is 0.312 e. The van der Waals surface area contributed by atoms with Gasteiger partial charge in [0.25, 0.3) is 0 Å². The molecule has 1 aromatic heterocycles. The normalized spacial score (nSPS) is 11.9. The molecule has 0 saturated heterocycles. The lowest BCUT2D eigenvalue weighted by atomic mass is 9.96. The van der Waals surface area contributed by atoms with Crippen molar-refractivity contribution in [2.45, 2.75) is 19.3 Å². The van der Waals surface area contributed by atoms with Crippen LogP contribution in [0.1, 0.15) is 24.1 Å². The Morgan fingerprint density at radius 3 is 2.81 bits per heavy atom. The number of hydrogen-bond donors (Lipinski definition) is 1. The molecule has 0 bridgehead atoms. The fourth-order valence-corrected chi connectivity index (χ4v) is 2.16. The lowest BCUT2D eigenvalue weighted by Crippen LogP contribution is -2.16. The molecule has 110 valence electrons. The molecule has 0 amide bonds. The van der Waals surface area contributed by atoms with Crippen LogP contribution in [-0.2, 0) is 11.2 Å².